The van der Waals surface area contributed by atoms with Gasteiger partial charge in [0.1, 0.15) is 0 Å². The summed E-state index contributed by atoms with van der Waals surface area (Å²) in [4.78, 5) is 3.31. The van der Waals surface area contributed by atoms with Crippen LogP contribution in [0.2, 0.25) is 0 Å². The zero-order valence-corrected chi connectivity index (χ0v) is 6.35. The Labute approximate surface area is 57.9 Å². The second-order valence-corrected chi connectivity index (χ2v) is 2.56. The molecule has 1 unspecified atom stereocenters. The molecule has 1 nitrogen and oxygen atoms in total. The topological polar surface area (TPSA) is 4.36 Å². The van der Waals surface area contributed by atoms with Crippen molar-refractivity contribution >= 4 is 0 Å². The van der Waals surface area contributed by atoms with Crippen molar-refractivity contribution in [1.29, 1.82) is 0 Å². The molecule has 0 spiro atoms. The molecule has 1 atom stereocenters. The summed E-state index contributed by atoms with van der Waals surface area (Å²) in [6.07, 6.45) is 3.60. The molecular weight excluding hydrogens is 110 g/mol. The molecule has 0 aliphatic rings. The number of hydrogen-bond acceptors (Lipinski definition) is 0. The van der Waals surface area contributed by atoms with Crippen LogP contribution in [0.4, 0.5) is 0 Å². The van der Waals surface area contributed by atoms with Crippen LogP contribution >= 0.6 is 0 Å². The Hall–Kier alpha value is -0.510. The van der Waals surface area contributed by atoms with Crippen molar-refractivity contribution in [3.8, 4) is 0 Å². The molecule has 0 rings (SSSR count). The highest BCUT2D eigenvalue weighted by Gasteiger charge is 2.00. The number of hydrogen-bond donors (Lipinski definition) is 0. The minimum Gasteiger partial charge on any atom is -0.317 e. The van der Waals surface area contributed by atoms with Gasteiger partial charge in [0.2, 0.25) is 6.54 Å². The van der Waals surface area contributed by atoms with Crippen LogP contribution in [0.25, 0.3) is 4.85 Å². The SMILES string of the molecule is [C-]#[N+]CCC(C)CCC. The fourth-order valence-corrected chi connectivity index (χ4v) is 0.922. The summed E-state index contributed by atoms with van der Waals surface area (Å²) in [6, 6.07) is 0. The molecule has 0 fully saturated rings. The van der Waals surface area contributed by atoms with E-state index in [0.717, 1.165) is 12.3 Å². The summed E-state index contributed by atoms with van der Waals surface area (Å²) in [5, 5.41) is 0. The lowest BCUT2D eigenvalue weighted by molar-refractivity contribution is 0.504. The predicted molar refractivity (Wildman–Crippen MR) is 40.2 cm³/mol. The van der Waals surface area contributed by atoms with E-state index >= 15 is 0 Å². The second-order valence-electron chi connectivity index (χ2n) is 2.56. The quantitative estimate of drug-likeness (QED) is 0.509. The van der Waals surface area contributed by atoms with Gasteiger partial charge < -0.3 is 4.85 Å². The third kappa shape index (κ3) is 5.36. The molecule has 0 aromatic heterocycles. The molecule has 1 heteroatoms. The molecule has 52 valence electrons. The number of nitrogens with zero attached hydrogens (tertiary/aromatic N) is 1. The van der Waals surface area contributed by atoms with Crippen LogP contribution in [0.15, 0.2) is 0 Å². The van der Waals surface area contributed by atoms with Gasteiger partial charge in [-0.05, 0) is 5.92 Å². The summed E-state index contributed by atoms with van der Waals surface area (Å²) < 4.78 is 0. The van der Waals surface area contributed by atoms with E-state index in [1.54, 1.807) is 0 Å². The molecule has 0 radical (unpaired) electrons. The summed E-state index contributed by atoms with van der Waals surface area (Å²) in [5.41, 5.74) is 0. The summed E-state index contributed by atoms with van der Waals surface area (Å²) in [5.74, 6) is 0.754. The van der Waals surface area contributed by atoms with Gasteiger partial charge in [-0.25, -0.2) is 6.57 Å². The molecule has 0 N–H and O–H groups in total. The largest absolute Gasteiger partial charge is 0.317 e. The monoisotopic (exact) mass is 125 g/mol. The molecule has 0 aliphatic heterocycles. The lowest BCUT2D eigenvalue weighted by Crippen LogP contribution is -1.94. The van der Waals surface area contributed by atoms with Gasteiger partial charge in [0.15, 0.2) is 0 Å². The fourth-order valence-electron chi connectivity index (χ4n) is 0.922. The van der Waals surface area contributed by atoms with Gasteiger partial charge in [0.05, 0.1) is 0 Å². The van der Waals surface area contributed by atoms with Crippen molar-refractivity contribution < 1.29 is 0 Å². The molecule has 0 aromatic carbocycles. The van der Waals surface area contributed by atoms with Crippen molar-refractivity contribution in [3.05, 3.63) is 11.4 Å². The van der Waals surface area contributed by atoms with Crippen LogP contribution in [0.3, 0.4) is 0 Å². The average Bonchev–Trinajstić information content (AvgIpc) is 1.85. The highest BCUT2D eigenvalue weighted by atomic mass is 14.6. The molecule has 0 bridgehead atoms. The Morgan fingerprint density at radius 1 is 1.44 bits per heavy atom. The fraction of sp³-hybridized carbons (Fsp3) is 0.875. The van der Waals surface area contributed by atoms with E-state index < -0.39 is 0 Å². The highest BCUT2D eigenvalue weighted by Crippen LogP contribution is 2.08. The summed E-state index contributed by atoms with van der Waals surface area (Å²) in [7, 11) is 0. The smallest absolute Gasteiger partial charge is 0.214 e. The lowest BCUT2D eigenvalue weighted by atomic mass is 10.0. The second kappa shape index (κ2) is 5.62. The zero-order valence-electron chi connectivity index (χ0n) is 6.35. The van der Waals surface area contributed by atoms with Crippen LogP contribution in [-0.2, 0) is 0 Å². The van der Waals surface area contributed by atoms with E-state index in [1.165, 1.54) is 12.8 Å². The van der Waals surface area contributed by atoms with E-state index in [0.29, 0.717) is 6.54 Å². The van der Waals surface area contributed by atoms with E-state index in [9.17, 15) is 0 Å². The van der Waals surface area contributed by atoms with Crippen molar-refractivity contribution in [2.75, 3.05) is 6.54 Å². The van der Waals surface area contributed by atoms with Crippen molar-refractivity contribution in [3.63, 3.8) is 0 Å². The molecular formula is C8H15N. The molecule has 9 heavy (non-hydrogen) atoms. The molecule has 0 saturated carbocycles. The first-order valence-corrected chi connectivity index (χ1v) is 3.64. The molecule has 0 heterocycles. The van der Waals surface area contributed by atoms with Crippen molar-refractivity contribution in [1.82, 2.24) is 0 Å². The Kier molecular flexibility index (Phi) is 5.30. The van der Waals surface area contributed by atoms with Crippen molar-refractivity contribution in [2.24, 2.45) is 5.92 Å². The van der Waals surface area contributed by atoms with E-state index in [4.69, 9.17) is 6.57 Å². The average molecular weight is 125 g/mol. The molecule has 0 aromatic rings. The molecule has 0 saturated heterocycles. The summed E-state index contributed by atoms with van der Waals surface area (Å²) >= 11 is 0. The highest BCUT2D eigenvalue weighted by molar-refractivity contribution is 4.62. The van der Waals surface area contributed by atoms with Gasteiger partial charge >= 0.3 is 0 Å². The van der Waals surface area contributed by atoms with Gasteiger partial charge in [0, 0.05) is 6.42 Å². The van der Waals surface area contributed by atoms with Crippen LogP contribution < -0.4 is 0 Å². The maximum Gasteiger partial charge on any atom is 0.214 e. The van der Waals surface area contributed by atoms with Crippen LogP contribution in [-0.4, -0.2) is 6.54 Å². The minimum absolute atomic E-state index is 0.709. The molecule has 0 amide bonds. The van der Waals surface area contributed by atoms with E-state index in [2.05, 4.69) is 18.7 Å². The van der Waals surface area contributed by atoms with Crippen molar-refractivity contribution in [2.45, 2.75) is 33.1 Å². The van der Waals surface area contributed by atoms with Crippen LogP contribution in [0, 0.1) is 12.5 Å². The first-order chi connectivity index (χ1) is 4.31. The lowest BCUT2D eigenvalue weighted by Gasteiger charge is -2.03. The Morgan fingerprint density at radius 3 is 2.56 bits per heavy atom. The first kappa shape index (κ1) is 8.49. The third-order valence-electron chi connectivity index (χ3n) is 1.52. The van der Waals surface area contributed by atoms with E-state index in [-0.39, 0.29) is 0 Å². The maximum absolute atomic E-state index is 6.55. The standard InChI is InChI=1S/C8H15N/c1-4-5-8(2)6-7-9-3/h8H,4-7H2,1-2H3. The van der Waals surface area contributed by atoms with Gasteiger partial charge in [-0.15, -0.1) is 0 Å². The maximum atomic E-state index is 6.55. The Balaban J connectivity index is 3.07. The third-order valence-corrected chi connectivity index (χ3v) is 1.52. The van der Waals surface area contributed by atoms with Gasteiger partial charge in [-0.2, -0.15) is 0 Å². The Morgan fingerprint density at radius 2 is 2.11 bits per heavy atom. The summed E-state index contributed by atoms with van der Waals surface area (Å²) in [6.45, 7) is 11.7. The van der Waals surface area contributed by atoms with Gasteiger partial charge in [0.25, 0.3) is 0 Å². The van der Waals surface area contributed by atoms with Gasteiger partial charge in [-0.3, -0.25) is 0 Å². The first-order valence-electron chi connectivity index (χ1n) is 3.64. The predicted octanol–water partition coefficient (Wildman–Crippen LogP) is 2.73. The normalized spacial score (nSPS) is 12.6. The minimum atomic E-state index is 0.709. The van der Waals surface area contributed by atoms with Crippen LogP contribution in [0.1, 0.15) is 33.1 Å². The van der Waals surface area contributed by atoms with Crippen LogP contribution in [0.5, 0.6) is 0 Å². The zero-order chi connectivity index (χ0) is 7.11. The van der Waals surface area contributed by atoms with E-state index in [1.807, 2.05) is 0 Å². The Bertz CT molecular complexity index is 91.2. The van der Waals surface area contributed by atoms with Gasteiger partial charge in [-0.1, -0.05) is 26.7 Å². The number of rotatable bonds is 4. The molecule has 0 aliphatic carbocycles.